The fraction of sp³-hybridized carbons (Fsp3) is 0.600. The van der Waals surface area contributed by atoms with Gasteiger partial charge in [-0.3, -0.25) is 0 Å². The van der Waals surface area contributed by atoms with Crippen LogP contribution < -0.4 is 0 Å². The van der Waals surface area contributed by atoms with Crippen LogP contribution in [0.15, 0.2) is 29.2 Å². The third-order valence-corrected chi connectivity index (χ3v) is 6.01. The Balaban J connectivity index is 2.18. The summed E-state index contributed by atoms with van der Waals surface area (Å²) in [5.41, 5.74) is 1.11. The molecule has 1 aliphatic rings. The Bertz CT molecular complexity index is 545. The lowest BCUT2D eigenvalue weighted by atomic mass is 10.1. The molecule has 0 aliphatic carbocycles. The van der Waals surface area contributed by atoms with E-state index in [1.165, 1.54) is 0 Å². The van der Waals surface area contributed by atoms with Gasteiger partial charge in [-0.25, -0.2) is 8.42 Å². The first-order valence-corrected chi connectivity index (χ1v) is 9.31. The van der Waals surface area contributed by atoms with Gasteiger partial charge in [0.25, 0.3) is 0 Å². The zero-order chi connectivity index (χ0) is 15.3. The zero-order valence-electron chi connectivity index (χ0n) is 12.3. The molecule has 1 heterocycles. The number of aryl methyl sites for hydroxylation is 1. The van der Waals surface area contributed by atoms with Crippen LogP contribution in [-0.2, 0) is 21.2 Å². The zero-order valence-corrected chi connectivity index (χ0v) is 13.9. The summed E-state index contributed by atoms with van der Waals surface area (Å²) < 4.78 is 32.4. The van der Waals surface area contributed by atoms with Crippen molar-refractivity contribution in [2.45, 2.75) is 37.1 Å². The third kappa shape index (κ3) is 3.97. The van der Waals surface area contributed by atoms with Crippen molar-refractivity contribution in [3.05, 3.63) is 29.8 Å². The Morgan fingerprint density at radius 3 is 2.67 bits per heavy atom. The van der Waals surface area contributed by atoms with Gasteiger partial charge in [-0.2, -0.15) is 4.31 Å². The predicted octanol–water partition coefficient (Wildman–Crippen LogP) is 2.66. The van der Waals surface area contributed by atoms with Gasteiger partial charge in [-0.1, -0.05) is 19.1 Å². The molecule has 0 aromatic heterocycles. The first kappa shape index (κ1) is 16.7. The van der Waals surface area contributed by atoms with Crippen molar-refractivity contribution in [3.63, 3.8) is 0 Å². The summed E-state index contributed by atoms with van der Waals surface area (Å²) in [7, 11) is -3.43. The Hall–Kier alpha value is -0.620. The van der Waals surface area contributed by atoms with Crippen LogP contribution >= 0.6 is 11.6 Å². The molecule has 1 saturated heterocycles. The smallest absolute Gasteiger partial charge is 0.243 e. The average molecular weight is 332 g/mol. The maximum Gasteiger partial charge on any atom is 0.243 e. The van der Waals surface area contributed by atoms with Gasteiger partial charge in [0.2, 0.25) is 10.0 Å². The van der Waals surface area contributed by atoms with Crippen molar-refractivity contribution >= 4 is 21.6 Å². The monoisotopic (exact) mass is 331 g/mol. The number of rotatable bonds is 6. The number of alkyl halides is 1. The summed E-state index contributed by atoms with van der Waals surface area (Å²) in [5.74, 6) is 0.617. The number of nitrogens with zero attached hydrogens (tertiary/aromatic N) is 1. The molecule has 0 bridgehead atoms. The number of hydrogen-bond acceptors (Lipinski definition) is 3. The Labute approximate surface area is 132 Å². The number of sulfonamides is 1. The summed E-state index contributed by atoms with van der Waals surface area (Å²) in [6.45, 7) is 3.35. The summed E-state index contributed by atoms with van der Waals surface area (Å²) in [6, 6.07) is 7.07. The van der Waals surface area contributed by atoms with Crippen molar-refractivity contribution < 1.29 is 13.2 Å². The van der Waals surface area contributed by atoms with Gasteiger partial charge in [0, 0.05) is 18.5 Å². The summed E-state index contributed by atoms with van der Waals surface area (Å²) >= 11 is 5.67. The van der Waals surface area contributed by atoms with Gasteiger partial charge < -0.3 is 4.74 Å². The Morgan fingerprint density at radius 1 is 1.33 bits per heavy atom. The second kappa shape index (κ2) is 7.58. The Morgan fingerprint density at radius 2 is 2.05 bits per heavy atom. The Kier molecular flexibility index (Phi) is 6.05. The summed E-state index contributed by atoms with van der Waals surface area (Å²) in [6.07, 6.45) is 2.53. The molecule has 0 spiro atoms. The number of ether oxygens (including phenoxy) is 1. The van der Waals surface area contributed by atoms with E-state index in [1.807, 2.05) is 19.1 Å². The molecule has 1 aromatic rings. The molecule has 0 N–H and O–H groups in total. The van der Waals surface area contributed by atoms with E-state index in [0.717, 1.165) is 24.8 Å². The van der Waals surface area contributed by atoms with Crippen molar-refractivity contribution in [1.29, 1.82) is 0 Å². The van der Waals surface area contributed by atoms with Crippen molar-refractivity contribution in [1.82, 2.24) is 4.31 Å². The number of hydrogen-bond donors (Lipinski definition) is 0. The van der Waals surface area contributed by atoms with E-state index in [9.17, 15) is 8.42 Å². The fourth-order valence-corrected chi connectivity index (χ4v) is 4.31. The maximum atomic E-state index is 12.7. The van der Waals surface area contributed by atoms with Crippen LogP contribution in [0.5, 0.6) is 0 Å². The molecule has 118 valence electrons. The normalized spacial score (nSPS) is 20.6. The van der Waals surface area contributed by atoms with Gasteiger partial charge in [-0.05, 0) is 37.0 Å². The molecule has 2 rings (SSSR count). The van der Waals surface area contributed by atoms with Crippen LogP contribution in [0.25, 0.3) is 0 Å². The van der Waals surface area contributed by atoms with Crippen molar-refractivity contribution in [2.75, 3.05) is 25.6 Å². The van der Waals surface area contributed by atoms with Crippen molar-refractivity contribution in [2.24, 2.45) is 0 Å². The minimum atomic E-state index is -3.43. The molecule has 0 radical (unpaired) electrons. The van der Waals surface area contributed by atoms with Crippen LogP contribution in [-0.4, -0.2) is 44.4 Å². The lowest BCUT2D eigenvalue weighted by Crippen LogP contribution is -2.48. The lowest BCUT2D eigenvalue weighted by molar-refractivity contribution is 0.0314. The third-order valence-electron chi connectivity index (χ3n) is 3.77. The van der Waals surface area contributed by atoms with Gasteiger partial charge in [-0.15, -0.1) is 11.6 Å². The molecule has 1 aromatic carbocycles. The predicted molar refractivity (Wildman–Crippen MR) is 84.3 cm³/mol. The number of benzene rings is 1. The molecule has 4 nitrogen and oxygen atoms in total. The SMILES string of the molecule is CCC1COCCN1S(=O)(=O)c1ccc(CCCCl)cc1. The van der Waals surface area contributed by atoms with Crippen LogP contribution in [0.1, 0.15) is 25.3 Å². The largest absolute Gasteiger partial charge is 0.378 e. The molecule has 0 amide bonds. The van der Waals surface area contributed by atoms with Gasteiger partial charge in [0.15, 0.2) is 0 Å². The molecule has 1 aliphatic heterocycles. The molecule has 1 atom stereocenters. The molecular formula is C15H22ClNO3S. The highest BCUT2D eigenvalue weighted by Crippen LogP contribution is 2.22. The minimum absolute atomic E-state index is 0.0697. The summed E-state index contributed by atoms with van der Waals surface area (Å²) in [4.78, 5) is 0.359. The topological polar surface area (TPSA) is 46.6 Å². The van der Waals surface area contributed by atoms with Crippen LogP contribution in [0.4, 0.5) is 0 Å². The quantitative estimate of drug-likeness (QED) is 0.753. The van der Waals surface area contributed by atoms with E-state index in [1.54, 1.807) is 16.4 Å². The molecule has 1 unspecified atom stereocenters. The van der Waals surface area contributed by atoms with E-state index in [4.69, 9.17) is 16.3 Å². The minimum Gasteiger partial charge on any atom is -0.378 e. The standard InChI is InChI=1S/C15H22ClNO3S/c1-2-14-12-20-11-10-17(14)21(18,19)15-7-5-13(6-8-15)4-3-9-16/h5-8,14H,2-4,9-12H2,1H3. The molecular weight excluding hydrogens is 310 g/mol. The van der Waals surface area contributed by atoms with Gasteiger partial charge >= 0.3 is 0 Å². The van der Waals surface area contributed by atoms with Crippen LogP contribution in [0.2, 0.25) is 0 Å². The molecule has 1 fully saturated rings. The van der Waals surface area contributed by atoms with Crippen LogP contribution in [0, 0.1) is 0 Å². The lowest BCUT2D eigenvalue weighted by Gasteiger charge is -2.34. The number of morpholine rings is 1. The van der Waals surface area contributed by atoms with Gasteiger partial charge in [0.1, 0.15) is 0 Å². The fourth-order valence-electron chi connectivity index (χ4n) is 2.51. The molecule has 0 saturated carbocycles. The van der Waals surface area contributed by atoms with Crippen molar-refractivity contribution in [3.8, 4) is 0 Å². The second-order valence-electron chi connectivity index (χ2n) is 5.19. The van der Waals surface area contributed by atoms with E-state index < -0.39 is 10.0 Å². The highest BCUT2D eigenvalue weighted by atomic mass is 35.5. The maximum absolute atomic E-state index is 12.7. The number of halogens is 1. The summed E-state index contributed by atoms with van der Waals surface area (Å²) in [5, 5.41) is 0. The first-order valence-electron chi connectivity index (χ1n) is 7.34. The highest BCUT2D eigenvalue weighted by molar-refractivity contribution is 7.89. The van der Waals surface area contributed by atoms with E-state index in [2.05, 4.69) is 0 Å². The van der Waals surface area contributed by atoms with E-state index >= 15 is 0 Å². The van der Waals surface area contributed by atoms with Gasteiger partial charge in [0.05, 0.1) is 18.1 Å². The van der Waals surface area contributed by atoms with E-state index in [-0.39, 0.29) is 6.04 Å². The average Bonchev–Trinajstić information content (AvgIpc) is 2.53. The molecule has 21 heavy (non-hydrogen) atoms. The van der Waals surface area contributed by atoms with E-state index in [0.29, 0.717) is 30.5 Å². The first-order chi connectivity index (χ1) is 10.1. The van der Waals surface area contributed by atoms with Crippen LogP contribution in [0.3, 0.4) is 0 Å². The second-order valence-corrected chi connectivity index (χ2v) is 7.46. The molecule has 6 heteroatoms. The highest BCUT2D eigenvalue weighted by Gasteiger charge is 2.32.